The van der Waals surface area contributed by atoms with Crippen LogP contribution >= 0.6 is 0 Å². The van der Waals surface area contributed by atoms with E-state index in [-0.39, 0.29) is 18.5 Å². The summed E-state index contributed by atoms with van der Waals surface area (Å²) in [5.74, 6) is -0.953. The molecular formula is C17H17FN2O3. The molecule has 1 aromatic carbocycles. The number of hydrogen-bond donors (Lipinski definition) is 0. The average Bonchev–Trinajstić information content (AvgIpc) is 2.54. The number of esters is 1. The summed E-state index contributed by atoms with van der Waals surface area (Å²) in [6.07, 6.45) is 0.0210. The van der Waals surface area contributed by atoms with Crippen LogP contribution < -0.4 is 4.90 Å². The van der Waals surface area contributed by atoms with Crippen molar-refractivity contribution in [1.82, 2.24) is 4.98 Å². The number of ether oxygens (including phenoxy) is 1. The van der Waals surface area contributed by atoms with E-state index in [1.807, 2.05) is 0 Å². The Morgan fingerprint density at radius 1 is 1.22 bits per heavy atom. The van der Waals surface area contributed by atoms with Crippen molar-refractivity contribution >= 4 is 17.7 Å². The van der Waals surface area contributed by atoms with Gasteiger partial charge in [0.1, 0.15) is 11.6 Å². The van der Waals surface area contributed by atoms with Crippen LogP contribution in [0.1, 0.15) is 22.5 Å². The quantitative estimate of drug-likeness (QED) is 0.796. The summed E-state index contributed by atoms with van der Waals surface area (Å²) in [5, 5.41) is 0. The fraction of sp³-hybridized carbons (Fsp3) is 0.235. The van der Waals surface area contributed by atoms with Gasteiger partial charge in [-0.25, -0.2) is 9.37 Å². The Kier molecular flexibility index (Phi) is 5.41. The molecule has 23 heavy (non-hydrogen) atoms. The zero-order valence-electron chi connectivity index (χ0n) is 13.0. The average molecular weight is 316 g/mol. The van der Waals surface area contributed by atoms with Gasteiger partial charge in [0.05, 0.1) is 13.5 Å². The number of carbonyl (C=O) groups is 2. The molecule has 1 aromatic heterocycles. The Bertz CT molecular complexity index is 718. The second-order valence-corrected chi connectivity index (χ2v) is 4.93. The molecule has 2 rings (SSSR count). The van der Waals surface area contributed by atoms with Crippen molar-refractivity contribution in [1.29, 1.82) is 0 Å². The fourth-order valence-electron chi connectivity index (χ4n) is 2.08. The third-order valence-electron chi connectivity index (χ3n) is 3.23. The van der Waals surface area contributed by atoms with E-state index in [0.29, 0.717) is 5.82 Å². The van der Waals surface area contributed by atoms with Crippen molar-refractivity contribution in [2.75, 3.05) is 18.6 Å². The molecule has 0 saturated heterocycles. The number of amides is 1. The van der Waals surface area contributed by atoms with Gasteiger partial charge in [-0.3, -0.25) is 14.5 Å². The molecule has 0 aliphatic carbocycles. The Morgan fingerprint density at radius 3 is 2.61 bits per heavy atom. The SMILES string of the molecule is COC(=O)CCN(C(=O)c1cccc(F)c1)c1cccc(C)n1. The van der Waals surface area contributed by atoms with E-state index in [4.69, 9.17) is 0 Å². The van der Waals surface area contributed by atoms with E-state index in [9.17, 15) is 14.0 Å². The maximum atomic E-state index is 13.4. The molecule has 1 heterocycles. The number of hydrogen-bond acceptors (Lipinski definition) is 4. The first-order valence-electron chi connectivity index (χ1n) is 7.09. The molecule has 0 N–H and O–H groups in total. The molecule has 0 saturated carbocycles. The number of benzene rings is 1. The number of aryl methyl sites for hydroxylation is 1. The summed E-state index contributed by atoms with van der Waals surface area (Å²) in [5.41, 5.74) is 0.927. The van der Waals surface area contributed by atoms with Crippen LogP contribution in [-0.4, -0.2) is 30.5 Å². The molecule has 0 unspecified atom stereocenters. The number of carbonyl (C=O) groups excluding carboxylic acids is 2. The normalized spacial score (nSPS) is 10.2. The van der Waals surface area contributed by atoms with Crippen molar-refractivity contribution in [2.24, 2.45) is 0 Å². The van der Waals surface area contributed by atoms with Crippen LogP contribution in [0.5, 0.6) is 0 Å². The minimum absolute atomic E-state index is 0.0210. The first-order chi connectivity index (χ1) is 11.0. The summed E-state index contributed by atoms with van der Waals surface area (Å²) < 4.78 is 18.0. The van der Waals surface area contributed by atoms with Gasteiger partial charge in [0.2, 0.25) is 0 Å². The zero-order chi connectivity index (χ0) is 16.8. The summed E-state index contributed by atoms with van der Waals surface area (Å²) in [6, 6.07) is 10.6. The van der Waals surface area contributed by atoms with Gasteiger partial charge in [-0.2, -0.15) is 0 Å². The highest BCUT2D eigenvalue weighted by molar-refractivity contribution is 6.05. The standard InChI is InChI=1S/C17H17FN2O3/c1-12-5-3-8-15(19-12)20(10-9-16(21)23-2)17(22)13-6-4-7-14(18)11-13/h3-8,11H,9-10H2,1-2H3. The highest BCUT2D eigenvalue weighted by Gasteiger charge is 2.20. The lowest BCUT2D eigenvalue weighted by atomic mass is 10.2. The summed E-state index contributed by atoms with van der Waals surface area (Å²) >= 11 is 0. The molecular weight excluding hydrogens is 299 g/mol. The van der Waals surface area contributed by atoms with Gasteiger partial charge in [0, 0.05) is 17.8 Å². The molecule has 2 aromatic rings. The molecule has 0 aliphatic rings. The molecule has 0 aliphatic heterocycles. The highest BCUT2D eigenvalue weighted by atomic mass is 19.1. The van der Waals surface area contributed by atoms with E-state index >= 15 is 0 Å². The van der Waals surface area contributed by atoms with Crippen molar-refractivity contribution in [3.05, 3.63) is 59.5 Å². The third kappa shape index (κ3) is 4.35. The predicted molar refractivity (Wildman–Crippen MR) is 83.7 cm³/mol. The molecule has 0 radical (unpaired) electrons. The lowest BCUT2D eigenvalue weighted by molar-refractivity contribution is -0.140. The molecule has 0 atom stereocenters. The van der Waals surface area contributed by atoms with Gasteiger partial charge in [-0.1, -0.05) is 12.1 Å². The number of pyridine rings is 1. The van der Waals surface area contributed by atoms with Crippen LogP contribution in [-0.2, 0) is 9.53 Å². The second-order valence-electron chi connectivity index (χ2n) is 4.93. The minimum Gasteiger partial charge on any atom is -0.469 e. The largest absolute Gasteiger partial charge is 0.469 e. The zero-order valence-corrected chi connectivity index (χ0v) is 13.0. The van der Waals surface area contributed by atoms with Crippen LogP contribution in [0.3, 0.4) is 0 Å². The van der Waals surface area contributed by atoms with Gasteiger partial charge in [-0.15, -0.1) is 0 Å². The Labute approximate surface area is 133 Å². The van der Waals surface area contributed by atoms with Crippen LogP contribution in [0.4, 0.5) is 10.2 Å². The van der Waals surface area contributed by atoms with E-state index in [1.165, 1.54) is 30.2 Å². The van der Waals surface area contributed by atoms with Crippen LogP contribution in [0.15, 0.2) is 42.5 Å². The van der Waals surface area contributed by atoms with E-state index in [2.05, 4.69) is 9.72 Å². The van der Waals surface area contributed by atoms with Gasteiger partial charge in [0.15, 0.2) is 0 Å². The number of halogens is 1. The maximum Gasteiger partial charge on any atom is 0.307 e. The number of methoxy groups -OCH3 is 1. The van der Waals surface area contributed by atoms with E-state index in [1.54, 1.807) is 25.1 Å². The van der Waals surface area contributed by atoms with Crippen LogP contribution in [0, 0.1) is 12.7 Å². The summed E-state index contributed by atoms with van der Waals surface area (Å²) in [7, 11) is 1.28. The van der Waals surface area contributed by atoms with Gasteiger partial charge in [0.25, 0.3) is 5.91 Å². The Balaban J connectivity index is 2.32. The molecule has 0 bridgehead atoms. The number of aromatic nitrogens is 1. The lowest BCUT2D eigenvalue weighted by Crippen LogP contribution is -2.34. The Morgan fingerprint density at radius 2 is 1.96 bits per heavy atom. The topological polar surface area (TPSA) is 59.5 Å². The molecule has 120 valence electrons. The number of anilines is 1. The first-order valence-corrected chi connectivity index (χ1v) is 7.09. The van der Waals surface area contributed by atoms with Crippen molar-refractivity contribution < 1.29 is 18.7 Å². The molecule has 0 fully saturated rings. The maximum absolute atomic E-state index is 13.4. The van der Waals surface area contributed by atoms with Crippen LogP contribution in [0.2, 0.25) is 0 Å². The smallest absolute Gasteiger partial charge is 0.307 e. The van der Waals surface area contributed by atoms with Crippen molar-refractivity contribution in [3.63, 3.8) is 0 Å². The number of rotatable bonds is 5. The van der Waals surface area contributed by atoms with E-state index < -0.39 is 17.7 Å². The fourth-order valence-corrected chi connectivity index (χ4v) is 2.08. The molecule has 6 heteroatoms. The van der Waals surface area contributed by atoms with Gasteiger partial charge >= 0.3 is 5.97 Å². The summed E-state index contributed by atoms with van der Waals surface area (Å²) in [6.45, 7) is 1.90. The second kappa shape index (κ2) is 7.49. The molecule has 0 spiro atoms. The number of nitrogens with zero attached hydrogens (tertiary/aromatic N) is 2. The highest BCUT2D eigenvalue weighted by Crippen LogP contribution is 2.16. The lowest BCUT2D eigenvalue weighted by Gasteiger charge is -2.21. The first kappa shape index (κ1) is 16.6. The monoisotopic (exact) mass is 316 g/mol. The van der Waals surface area contributed by atoms with Gasteiger partial charge in [-0.05, 0) is 37.3 Å². The van der Waals surface area contributed by atoms with Crippen LogP contribution in [0.25, 0.3) is 0 Å². The minimum atomic E-state index is -0.499. The van der Waals surface area contributed by atoms with Crippen molar-refractivity contribution in [2.45, 2.75) is 13.3 Å². The Hall–Kier alpha value is -2.76. The predicted octanol–water partition coefficient (Wildman–Crippen LogP) is 2.74. The third-order valence-corrected chi connectivity index (χ3v) is 3.23. The van der Waals surface area contributed by atoms with E-state index in [0.717, 1.165) is 11.8 Å². The summed E-state index contributed by atoms with van der Waals surface area (Å²) in [4.78, 5) is 29.7. The molecule has 1 amide bonds. The van der Waals surface area contributed by atoms with Crippen molar-refractivity contribution in [3.8, 4) is 0 Å². The molecule has 5 nitrogen and oxygen atoms in total. The van der Waals surface area contributed by atoms with Gasteiger partial charge < -0.3 is 4.74 Å².